The topological polar surface area (TPSA) is 96.6 Å². The molecule has 0 saturated heterocycles. The molecule has 0 heterocycles. The second-order valence-corrected chi connectivity index (χ2v) is 4.24. The molecule has 0 bridgehead atoms. The van der Waals surface area contributed by atoms with Gasteiger partial charge >= 0.3 is 5.97 Å². The first-order valence-corrected chi connectivity index (χ1v) is 6.19. The lowest BCUT2D eigenvalue weighted by atomic mass is 10.1. The van der Waals surface area contributed by atoms with Crippen LogP contribution in [0.3, 0.4) is 0 Å². The molecule has 0 atom stereocenters. The molecule has 6 heteroatoms. The molecule has 0 radical (unpaired) electrons. The van der Waals surface area contributed by atoms with E-state index in [1.165, 1.54) is 55.6 Å². The number of hydrogen-bond donors (Lipinski definition) is 1. The minimum Gasteiger partial charge on any atom is -0.507 e. The maximum absolute atomic E-state index is 12.0. The highest BCUT2D eigenvalue weighted by molar-refractivity contribution is 6.07. The third-order valence-electron chi connectivity index (χ3n) is 2.85. The van der Waals surface area contributed by atoms with Gasteiger partial charge in [0.1, 0.15) is 28.9 Å². The van der Waals surface area contributed by atoms with Crippen molar-refractivity contribution in [1.29, 1.82) is 5.26 Å². The Balaban J connectivity index is 2.15. The number of phenolic OH excluding ortho intramolecular Hbond substituents is 1. The van der Waals surface area contributed by atoms with Crippen molar-refractivity contribution < 1.29 is 24.2 Å². The van der Waals surface area contributed by atoms with Crippen LogP contribution in [0, 0.1) is 11.3 Å². The number of ketones is 1. The van der Waals surface area contributed by atoms with Crippen LogP contribution in [0.4, 0.5) is 0 Å². The standard InChI is InChI=1S/C16H11NO5/c1-21-12-6-7-13(14(18)8-12)16(20)22-11-4-2-10(3-5-11)15(19)9-17/h2-8,18H,1H3. The van der Waals surface area contributed by atoms with Gasteiger partial charge in [-0.05, 0) is 36.4 Å². The quantitative estimate of drug-likeness (QED) is 0.402. The van der Waals surface area contributed by atoms with Crippen molar-refractivity contribution in [1.82, 2.24) is 0 Å². The molecule has 2 aromatic rings. The lowest BCUT2D eigenvalue weighted by Gasteiger charge is -2.07. The van der Waals surface area contributed by atoms with Crippen molar-refractivity contribution >= 4 is 11.8 Å². The number of hydrogen-bond acceptors (Lipinski definition) is 6. The van der Waals surface area contributed by atoms with E-state index in [4.69, 9.17) is 14.7 Å². The Morgan fingerprint density at radius 1 is 1.09 bits per heavy atom. The molecule has 0 aliphatic heterocycles. The molecule has 2 rings (SSSR count). The minimum absolute atomic E-state index is 0.0158. The smallest absolute Gasteiger partial charge is 0.347 e. The summed E-state index contributed by atoms with van der Waals surface area (Å²) in [6, 6.07) is 11.2. The molecule has 0 saturated carbocycles. The fourth-order valence-corrected chi connectivity index (χ4v) is 1.71. The van der Waals surface area contributed by atoms with Gasteiger partial charge in [-0.1, -0.05) is 0 Å². The number of nitrogens with zero attached hydrogens (tertiary/aromatic N) is 1. The number of phenols is 1. The molecule has 22 heavy (non-hydrogen) atoms. The summed E-state index contributed by atoms with van der Waals surface area (Å²) >= 11 is 0. The van der Waals surface area contributed by atoms with Crippen LogP contribution in [-0.2, 0) is 0 Å². The summed E-state index contributed by atoms with van der Waals surface area (Å²) in [5.74, 6) is -1.09. The van der Waals surface area contributed by atoms with E-state index in [-0.39, 0.29) is 22.6 Å². The van der Waals surface area contributed by atoms with E-state index in [9.17, 15) is 14.7 Å². The van der Waals surface area contributed by atoms with Gasteiger partial charge in [-0.3, -0.25) is 4.79 Å². The first-order chi connectivity index (χ1) is 10.5. The number of carbonyl (C=O) groups excluding carboxylic acids is 2. The van der Waals surface area contributed by atoms with Crippen LogP contribution in [0.25, 0.3) is 0 Å². The molecule has 0 fully saturated rings. The van der Waals surface area contributed by atoms with Gasteiger partial charge in [-0.25, -0.2) is 4.79 Å². The number of benzene rings is 2. The Morgan fingerprint density at radius 3 is 2.27 bits per heavy atom. The number of nitriles is 1. The lowest BCUT2D eigenvalue weighted by Crippen LogP contribution is -2.09. The molecule has 1 N–H and O–H groups in total. The third-order valence-corrected chi connectivity index (χ3v) is 2.85. The molecule has 0 unspecified atom stereocenters. The molecule has 0 aliphatic carbocycles. The Kier molecular flexibility index (Phi) is 4.39. The lowest BCUT2D eigenvalue weighted by molar-refractivity contribution is 0.0731. The largest absolute Gasteiger partial charge is 0.507 e. The molecule has 0 aliphatic rings. The minimum atomic E-state index is -0.750. The Hall–Kier alpha value is -3.33. The predicted octanol–water partition coefficient (Wildman–Crippen LogP) is 2.33. The number of ether oxygens (including phenoxy) is 2. The summed E-state index contributed by atoms with van der Waals surface area (Å²) in [7, 11) is 1.44. The van der Waals surface area contributed by atoms with E-state index in [0.717, 1.165) is 0 Å². The third kappa shape index (κ3) is 3.22. The Morgan fingerprint density at radius 2 is 1.73 bits per heavy atom. The van der Waals surface area contributed by atoms with Crippen LogP contribution < -0.4 is 9.47 Å². The molecular formula is C16H11NO5. The maximum atomic E-state index is 12.0. The van der Waals surface area contributed by atoms with Crippen LogP contribution in [0.2, 0.25) is 0 Å². The number of methoxy groups -OCH3 is 1. The number of esters is 1. The zero-order chi connectivity index (χ0) is 16.1. The highest BCUT2D eigenvalue weighted by Crippen LogP contribution is 2.25. The highest BCUT2D eigenvalue weighted by atomic mass is 16.5. The SMILES string of the molecule is COc1ccc(C(=O)Oc2ccc(C(=O)C#N)cc2)c(O)c1. The predicted molar refractivity (Wildman–Crippen MR) is 76.0 cm³/mol. The van der Waals surface area contributed by atoms with Crippen molar-refractivity contribution in [2.45, 2.75) is 0 Å². The van der Waals surface area contributed by atoms with E-state index in [0.29, 0.717) is 5.75 Å². The van der Waals surface area contributed by atoms with Crippen molar-refractivity contribution in [2.24, 2.45) is 0 Å². The summed E-state index contributed by atoms with van der Waals surface area (Å²) < 4.78 is 10.0. The molecule has 6 nitrogen and oxygen atoms in total. The first kappa shape index (κ1) is 15.1. The van der Waals surface area contributed by atoms with Crippen LogP contribution in [0.1, 0.15) is 20.7 Å². The van der Waals surface area contributed by atoms with Gasteiger partial charge in [-0.2, -0.15) is 5.26 Å². The number of rotatable bonds is 4. The van der Waals surface area contributed by atoms with Crippen molar-refractivity contribution in [3.8, 4) is 23.3 Å². The van der Waals surface area contributed by atoms with Crippen LogP contribution >= 0.6 is 0 Å². The molecule has 110 valence electrons. The molecular weight excluding hydrogens is 286 g/mol. The normalized spacial score (nSPS) is 9.64. The summed E-state index contributed by atoms with van der Waals surface area (Å²) in [4.78, 5) is 23.1. The van der Waals surface area contributed by atoms with Crippen molar-refractivity contribution in [2.75, 3.05) is 7.11 Å². The molecule has 0 amide bonds. The highest BCUT2D eigenvalue weighted by Gasteiger charge is 2.15. The monoisotopic (exact) mass is 297 g/mol. The maximum Gasteiger partial charge on any atom is 0.347 e. The second-order valence-electron chi connectivity index (χ2n) is 4.24. The zero-order valence-electron chi connectivity index (χ0n) is 11.6. The van der Waals surface area contributed by atoms with Gasteiger partial charge < -0.3 is 14.6 Å². The van der Waals surface area contributed by atoms with Gasteiger partial charge in [0.25, 0.3) is 5.78 Å². The average molecular weight is 297 g/mol. The van der Waals surface area contributed by atoms with E-state index in [1.807, 2.05) is 0 Å². The second kappa shape index (κ2) is 6.41. The van der Waals surface area contributed by atoms with Crippen molar-refractivity contribution in [3.63, 3.8) is 0 Å². The van der Waals surface area contributed by atoms with E-state index >= 15 is 0 Å². The van der Waals surface area contributed by atoms with E-state index < -0.39 is 11.8 Å². The van der Waals surface area contributed by atoms with Gasteiger partial charge in [0.05, 0.1) is 7.11 Å². The average Bonchev–Trinajstić information content (AvgIpc) is 2.54. The summed E-state index contributed by atoms with van der Waals surface area (Å²) in [6.45, 7) is 0. The molecule has 0 spiro atoms. The van der Waals surface area contributed by atoms with Crippen LogP contribution in [0.15, 0.2) is 42.5 Å². The van der Waals surface area contributed by atoms with Crippen LogP contribution in [-0.4, -0.2) is 24.0 Å². The van der Waals surface area contributed by atoms with E-state index in [1.54, 1.807) is 0 Å². The van der Waals surface area contributed by atoms with Crippen molar-refractivity contribution in [3.05, 3.63) is 53.6 Å². The molecule has 2 aromatic carbocycles. The van der Waals surface area contributed by atoms with Gasteiger partial charge in [0.2, 0.25) is 0 Å². The van der Waals surface area contributed by atoms with Gasteiger partial charge in [-0.15, -0.1) is 0 Å². The number of aromatic hydroxyl groups is 1. The first-order valence-electron chi connectivity index (χ1n) is 6.19. The number of Topliss-reactive ketones (excluding diaryl/α,β-unsaturated/α-hetero) is 1. The Labute approximate surface area is 126 Å². The fraction of sp³-hybridized carbons (Fsp3) is 0.0625. The van der Waals surface area contributed by atoms with Gasteiger partial charge in [0.15, 0.2) is 0 Å². The summed E-state index contributed by atoms with van der Waals surface area (Å²) in [5, 5.41) is 18.3. The summed E-state index contributed by atoms with van der Waals surface area (Å²) in [5.41, 5.74) is 0.188. The summed E-state index contributed by atoms with van der Waals surface area (Å²) in [6.07, 6.45) is 0. The van der Waals surface area contributed by atoms with Gasteiger partial charge in [0, 0.05) is 11.6 Å². The zero-order valence-corrected chi connectivity index (χ0v) is 11.6. The molecule has 0 aromatic heterocycles. The van der Waals surface area contributed by atoms with E-state index in [2.05, 4.69) is 0 Å². The number of carbonyl (C=O) groups is 2. The fourth-order valence-electron chi connectivity index (χ4n) is 1.71. The van der Waals surface area contributed by atoms with Crippen LogP contribution in [0.5, 0.6) is 17.2 Å². The Bertz CT molecular complexity index is 759.